The average molecular weight is 287 g/mol. The van der Waals surface area contributed by atoms with Crippen LogP contribution in [0.25, 0.3) is 0 Å². The molecule has 0 spiro atoms. The van der Waals surface area contributed by atoms with Crippen molar-refractivity contribution in [1.29, 1.82) is 0 Å². The highest BCUT2D eigenvalue weighted by Gasteiger charge is 2.36. The first kappa shape index (κ1) is 15.0. The summed E-state index contributed by atoms with van der Waals surface area (Å²) >= 11 is 0. The van der Waals surface area contributed by atoms with Gasteiger partial charge in [0.2, 0.25) is 0 Å². The number of benzene rings is 1. The van der Waals surface area contributed by atoms with E-state index in [1.807, 2.05) is 7.05 Å². The molecule has 1 fully saturated rings. The molecule has 1 saturated heterocycles. The van der Waals surface area contributed by atoms with Crippen molar-refractivity contribution in [3.05, 3.63) is 23.8 Å². The van der Waals surface area contributed by atoms with Crippen LogP contribution in [0.1, 0.15) is 18.4 Å². The van der Waals surface area contributed by atoms with Crippen LogP contribution >= 0.6 is 0 Å². The highest BCUT2D eigenvalue weighted by molar-refractivity contribution is 5.61. The van der Waals surface area contributed by atoms with E-state index in [4.69, 9.17) is 5.73 Å². The smallest absolute Gasteiger partial charge is 0.399 e. The second-order valence-corrected chi connectivity index (χ2v) is 5.44. The summed E-state index contributed by atoms with van der Waals surface area (Å²) in [6.07, 6.45) is -2.48. The third kappa shape index (κ3) is 3.17. The summed E-state index contributed by atoms with van der Waals surface area (Å²) in [6, 6.07) is 4.09. The Balaban J connectivity index is 2.31. The van der Waals surface area contributed by atoms with E-state index < -0.39 is 11.7 Å². The minimum atomic E-state index is -4.39. The third-order valence-electron chi connectivity index (χ3n) is 3.85. The number of alkyl halides is 3. The number of likely N-dealkylation sites (N-methyl/N-ethyl adjacent to an activating group) is 2. The maximum Gasteiger partial charge on any atom is 0.418 e. The zero-order valence-electron chi connectivity index (χ0n) is 11.7. The van der Waals surface area contributed by atoms with Crippen molar-refractivity contribution in [3.63, 3.8) is 0 Å². The molecule has 0 aliphatic carbocycles. The van der Waals surface area contributed by atoms with E-state index >= 15 is 0 Å². The molecular weight excluding hydrogens is 267 g/mol. The SMILES string of the molecule is CN1CCCC(N(C)c2ccc(N)cc2C(F)(F)F)C1. The Labute approximate surface area is 117 Å². The van der Waals surface area contributed by atoms with Crippen LogP contribution in [0.15, 0.2) is 18.2 Å². The number of nitrogens with two attached hydrogens (primary N) is 1. The van der Waals surface area contributed by atoms with Crippen molar-refractivity contribution in [2.75, 3.05) is 37.8 Å². The van der Waals surface area contributed by atoms with E-state index in [9.17, 15) is 13.2 Å². The summed E-state index contributed by atoms with van der Waals surface area (Å²) in [6.45, 7) is 1.77. The largest absolute Gasteiger partial charge is 0.418 e. The van der Waals surface area contributed by atoms with Crippen molar-refractivity contribution >= 4 is 11.4 Å². The minimum absolute atomic E-state index is 0.0958. The van der Waals surface area contributed by atoms with Gasteiger partial charge < -0.3 is 15.5 Å². The Morgan fingerprint density at radius 2 is 2.05 bits per heavy atom. The van der Waals surface area contributed by atoms with Crippen LogP contribution in [0, 0.1) is 0 Å². The Kier molecular flexibility index (Phi) is 4.13. The second kappa shape index (κ2) is 5.52. The Bertz CT molecular complexity index is 473. The monoisotopic (exact) mass is 287 g/mol. The first-order valence-electron chi connectivity index (χ1n) is 6.67. The molecule has 1 atom stereocenters. The fourth-order valence-corrected chi connectivity index (χ4v) is 2.74. The Morgan fingerprint density at radius 1 is 1.35 bits per heavy atom. The van der Waals surface area contributed by atoms with E-state index in [1.165, 1.54) is 12.1 Å². The molecule has 0 saturated carbocycles. The predicted octanol–water partition coefficient (Wildman–Crippen LogP) is 2.82. The molecule has 1 aromatic rings. The van der Waals surface area contributed by atoms with Gasteiger partial charge in [0, 0.05) is 31.0 Å². The van der Waals surface area contributed by atoms with E-state index in [0.717, 1.165) is 32.0 Å². The van der Waals surface area contributed by atoms with Crippen LogP contribution in [-0.2, 0) is 6.18 Å². The molecule has 0 radical (unpaired) electrons. The highest BCUT2D eigenvalue weighted by atomic mass is 19.4. The Hall–Kier alpha value is -1.43. The molecule has 6 heteroatoms. The molecular formula is C14H20F3N3. The van der Waals surface area contributed by atoms with Gasteiger partial charge in [-0.25, -0.2) is 0 Å². The molecule has 1 aliphatic rings. The van der Waals surface area contributed by atoms with Gasteiger partial charge in [0.25, 0.3) is 0 Å². The molecule has 20 heavy (non-hydrogen) atoms. The quantitative estimate of drug-likeness (QED) is 0.849. The molecule has 1 aromatic carbocycles. The van der Waals surface area contributed by atoms with Crippen molar-refractivity contribution in [2.45, 2.75) is 25.1 Å². The minimum Gasteiger partial charge on any atom is -0.399 e. The molecule has 0 bridgehead atoms. The standard InChI is InChI=1S/C14H20F3N3/c1-19-7-3-4-11(9-19)20(2)13-6-5-10(18)8-12(13)14(15,16)17/h5-6,8,11H,3-4,7,9,18H2,1-2H3. The number of hydrogen-bond donors (Lipinski definition) is 1. The zero-order valence-corrected chi connectivity index (χ0v) is 11.7. The van der Waals surface area contributed by atoms with Crippen molar-refractivity contribution in [2.24, 2.45) is 0 Å². The lowest BCUT2D eigenvalue weighted by Crippen LogP contribution is -2.45. The van der Waals surface area contributed by atoms with Gasteiger partial charge in [0.1, 0.15) is 0 Å². The first-order valence-corrected chi connectivity index (χ1v) is 6.67. The topological polar surface area (TPSA) is 32.5 Å². The van der Waals surface area contributed by atoms with E-state index in [1.54, 1.807) is 11.9 Å². The summed E-state index contributed by atoms with van der Waals surface area (Å²) in [5.74, 6) is 0. The third-order valence-corrected chi connectivity index (χ3v) is 3.85. The van der Waals surface area contributed by atoms with Gasteiger partial charge in [-0.3, -0.25) is 0 Å². The number of anilines is 2. The van der Waals surface area contributed by atoms with Crippen LogP contribution in [0.2, 0.25) is 0 Å². The number of nitrogen functional groups attached to an aromatic ring is 1. The summed E-state index contributed by atoms with van der Waals surface area (Å²) in [4.78, 5) is 3.88. The second-order valence-electron chi connectivity index (χ2n) is 5.44. The summed E-state index contributed by atoms with van der Waals surface area (Å²) in [5.41, 5.74) is 5.17. The lowest BCUT2D eigenvalue weighted by molar-refractivity contribution is -0.137. The normalized spacial score (nSPS) is 20.9. The molecule has 0 aromatic heterocycles. The maximum absolute atomic E-state index is 13.1. The van der Waals surface area contributed by atoms with Gasteiger partial charge in [-0.05, 0) is 44.6 Å². The van der Waals surface area contributed by atoms with Crippen molar-refractivity contribution < 1.29 is 13.2 Å². The van der Waals surface area contributed by atoms with Crippen molar-refractivity contribution in [1.82, 2.24) is 4.90 Å². The fraction of sp³-hybridized carbons (Fsp3) is 0.571. The molecule has 1 unspecified atom stereocenters. The summed E-state index contributed by atoms with van der Waals surface area (Å²) < 4.78 is 39.4. The van der Waals surface area contributed by atoms with E-state index in [-0.39, 0.29) is 17.4 Å². The number of likely N-dealkylation sites (tertiary alicyclic amines) is 1. The molecule has 3 nitrogen and oxygen atoms in total. The van der Waals surface area contributed by atoms with E-state index in [2.05, 4.69) is 4.90 Å². The molecule has 2 rings (SSSR count). The molecule has 2 N–H and O–H groups in total. The van der Waals surface area contributed by atoms with Crippen LogP contribution in [0.3, 0.4) is 0 Å². The Morgan fingerprint density at radius 3 is 2.65 bits per heavy atom. The highest BCUT2D eigenvalue weighted by Crippen LogP contribution is 2.38. The summed E-state index contributed by atoms with van der Waals surface area (Å²) in [5, 5.41) is 0. The van der Waals surface area contributed by atoms with Gasteiger partial charge in [-0.2, -0.15) is 13.2 Å². The number of rotatable bonds is 2. The van der Waals surface area contributed by atoms with E-state index in [0.29, 0.717) is 0 Å². The number of piperidine rings is 1. The predicted molar refractivity (Wildman–Crippen MR) is 74.8 cm³/mol. The molecule has 112 valence electrons. The van der Waals surface area contributed by atoms with Crippen LogP contribution in [0.5, 0.6) is 0 Å². The average Bonchev–Trinajstić information content (AvgIpc) is 2.37. The number of halogens is 3. The van der Waals surface area contributed by atoms with Gasteiger partial charge in [0.15, 0.2) is 0 Å². The van der Waals surface area contributed by atoms with Crippen LogP contribution in [0.4, 0.5) is 24.5 Å². The number of hydrogen-bond acceptors (Lipinski definition) is 3. The van der Waals surface area contributed by atoms with Gasteiger partial charge in [-0.1, -0.05) is 0 Å². The number of nitrogens with zero attached hydrogens (tertiary/aromatic N) is 2. The summed E-state index contributed by atoms with van der Waals surface area (Å²) in [7, 11) is 3.72. The lowest BCUT2D eigenvalue weighted by Gasteiger charge is -2.38. The van der Waals surface area contributed by atoms with Crippen molar-refractivity contribution in [3.8, 4) is 0 Å². The van der Waals surface area contributed by atoms with Gasteiger partial charge in [0.05, 0.1) is 5.56 Å². The zero-order chi connectivity index (χ0) is 14.9. The first-order chi connectivity index (χ1) is 9.29. The molecule has 1 heterocycles. The molecule has 0 amide bonds. The van der Waals surface area contributed by atoms with Gasteiger partial charge >= 0.3 is 6.18 Å². The van der Waals surface area contributed by atoms with Crippen LogP contribution in [-0.4, -0.2) is 38.1 Å². The molecule has 1 aliphatic heterocycles. The maximum atomic E-state index is 13.1. The van der Waals surface area contributed by atoms with Gasteiger partial charge in [-0.15, -0.1) is 0 Å². The fourth-order valence-electron chi connectivity index (χ4n) is 2.74. The van der Waals surface area contributed by atoms with Crippen LogP contribution < -0.4 is 10.6 Å². The lowest BCUT2D eigenvalue weighted by atomic mass is 10.0.